The summed E-state index contributed by atoms with van der Waals surface area (Å²) in [4.78, 5) is 24.9. The fourth-order valence-corrected chi connectivity index (χ4v) is 2.54. The van der Waals surface area contributed by atoms with E-state index in [1.54, 1.807) is 0 Å². The molecule has 1 heterocycles. The van der Waals surface area contributed by atoms with Crippen LogP contribution in [0.2, 0.25) is 0 Å². The van der Waals surface area contributed by atoms with Crippen molar-refractivity contribution in [2.24, 2.45) is 5.92 Å². The van der Waals surface area contributed by atoms with Gasteiger partial charge in [0.15, 0.2) is 0 Å². The molecular formula is C13H24N2O3. The molecule has 1 aliphatic heterocycles. The van der Waals surface area contributed by atoms with Crippen molar-refractivity contribution in [1.29, 1.82) is 0 Å². The number of carbonyl (C=O) groups excluding carboxylic acids is 1. The van der Waals surface area contributed by atoms with Gasteiger partial charge in [-0.1, -0.05) is 20.8 Å². The van der Waals surface area contributed by atoms with Crippen molar-refractivity contribution in [3.05, 3.63) is 0 Å². The Labute approximate surface area is 109 Å². The van der Waals surface area contributed by atoms with Crippen molar-refractivity contribution >= 4 is 12.0 Å². The molecule has 104 valence electrons. The molecule has 0 bridgehead atoms. The third kappa shape index (κ3) is 3.37. The number of nitrogens with zero attached hydrogens (tertiary/aromatic N) is 1. The van der Waals surface area contributed by atoms with Gasteiger partial charge >= 0.3 is 12.0 Å². The van der Waals surface area contributed by atoms with Crippen LogP contribution < -0.4 is 5.32 Å². The highest BCUT2D eigenvalue weighted by Crippen LogP contribution is 2.23. The summed E-state index contributed by atoms with van der Waals surface area (Å²) < 4.78 is 0. The zero-order valence-electron chi connectivity index (χ0n) is 11.5. The van der Waals surface area contributed by atoms with Crippen molar-refractivity contribution < 1.29 is 14.7 Å². The molecule has 1 aliphatic rings. The molecule has 0 aromatic heterocycles. The molecule has 1 rings (SSSR count). The summed E-state index contributed by atoms with van der Waals surface area (Å²) in [6.45, 7) is 6.46. The Bertz CT molecular complexity index is 303. The smallest absolute Gasteiger partial charge is 0.326 e. The highest BCUT2D eigenvalue weighted by atomic mass is 16.4. The molecule has 1 fully saturated rings. The van der Waals surface area contributed by atoms with Crippen LogP contribution in [-0.2, 0) is 4.79 Å². The standard InChI is InChI=1S/C13H24N2O3/c1-4-10(5-2)14-13(18)15-8-6-7-9(3)11(15)12(16)17/h9-11H,4-8H2,1-3H3,(H,14,18)(H,16,17). The van der Waals surface area contributed by atoms with Crippen LogP contribution in [0.15, 0.2) is 0 Å². The number of likely N-dealkylation sites (tertiary alicyclic amines) is 1. The van der Waals surface area contributed by atoms with E-state index in [9.17, 15) is 14.7 Å². The first-order valence-corrected chi connectivity index (χ1v) is 6.81. The van der Waals surface area contributed by atoms with Crippen LogP contribution in [-0.4, -0.2) is 40.6 Å². The average Bonchev–Trinajstić information content (AvgIpc) is 2.34. The number of piperidine rings is 1. The van der Waals surface area contributed by atoms with E-state index in [1.165, 1.54) is 4.90 Å². The maximum absolute atomic E-state index is 12.1. The van der Waals surface area contributed by atoms with E-state index in [2.05, 4.69) is 5.32 Å². The van der Waals surface area contributed by atoms with Crippen LogP contribution >= 0.6 is 0 Å². The maximum atomic E-state index is 12.1. The summed E-state index contributed by atoms with van der Waals surface area (Å²) in [5.41, 5.74) is 0. The number of carboxylic acid groups (broad SMARTS) is 1. The molecule has 2 N–H and O–H groups in total. The first kappa shape index (κ1) is 14.8. The van der Waals surface area contributed by atoms with Gasteiger partial charge in [0.1, 0.15) is 6.04 Å². The van der Waals surface area contributed by atoms with Crippen molar-refractivity contribution in [3.8, 4) is 0 Å². The van der Waals surface area contributed by atoms with Gasteiger partial charge in [0.05, 0.1) is 0 Å². The molecular weight excluding hydrogens is 232 g/mol. The van der Waals surface area contributed by atoms with Crippen molar-refractivity contribution in [1.82, 2.24) is 10.2 Å². The number of aliphatic carboxylic acids is 1. The highest BCUT2D eigenvalue weighted by Gasteiger charge is 2.37. The van der Waals surface area contributed by atoms with Gasteiger partial charge in [0.2, 0.25) is 0 Å². The number of amides is 2. The van der Waals surface area contributed by atoms with Gasteiger partial charge in [0, 0.05) is 12.6 Å². The van der Waals surface area contributed by atoms with Crippen LogP contribution in [0.4, 0.5) is 4.79 Å². The van der Waals surface area contributed by atoms with Crippen molar-refractivity contribution in [2.75, 3.05) is 6.54 Å². The second kappa shape index (κ2) is 6.61. The number of nitrogens with one attached hydrogen (secondary N) is 1. The summed E-state index contributed by atoms with van der Waals surface area (Å²) in [5, 5.41) is 12.2. The summed E-state index contributed by atoms with van der Waals surface area (Å²) in [6.07, 6.45) is 3.47. The zero-order chi connectivity index (χ0) is 13.7. The van der Waals surface area contributed by atoms with Gasteiger partial charge in [-0.15, -0.1) is 0 Å². The van der Waals surface area contributed by atoms with E-state index in [1.807, 2.05) is 20.8 Å². The maximum Gasteiger partial charge on any atom is 0.326 e. The lowest BCUT2D eigenvalue weighted by atomic mass is 9.91. The average molecular weight is 256 g/mol. The Morgan fingerprint density at radius 2 is 2.00 bits per heavy atom. The molecule has 0 saturated carbocycles. The summed E-state index contributed by atoms with van der Waals surface area (Å²) >= 11 is 0. The van der Waals surface area contributed by atoms with Gasteiger partial charge in [-0.25, -0.2) is 9.59 Å². The molecule has 18 heavy (non-hydrogen) atoms. The van der Waals surface area contributed by atoms with Gasteiger partial charge in [-0.2, -0.15) is 0 Å². The lowest BCUT2D eigenvalue weighted by Crippen LogP contribution is -2.56. The lowest BCUT2D eigenvalue weighted by molar-refractivity contribution is -0.145. The predicted molar refractivity (Wildman–Crippen MR) is 69.4 cm³/mol. The first-order valence-electron chi connectivity index (χ1n) is 6.81. The predicted octanol–water partition coefficient (Wildman–Crippen LogP) is 2.07. The molecule has 0 aromatic carbocycles. The Hall–Kier alpha value is -1.26. The minimum absolute atomic E-state index is 0.0173. The van der Waals surface area contributed by atoms with E-state index in [4.69, 9.17) is 0 Å². The number of hydrogen-bond acceptors (Lipinski definition) is 2. The monoisotopic (exact) mass is 256 g/mol. The van der Waals surface area contributed by atoms with Gasteiger partial charge in [-0.05, 0) is 31.6 Å². The van der Waals surface area contributed by atoms with Crippen LogP contribution in [0.1, 0.15) is 46.5 Å². The minimum Gasteiger partial charge on any atom is -0.480 e. The molecule has 0 radical (unpaired) electrons. The molecule has 2 amide bonds. The SMILES string of the molecule is CCC(CC)NC(=O)N1CCCC(C)C1C(=O)O. The largest absolute Gasteiger partial charge is 0.480 e. The molecule has 2 atom stereocenters. The molecule has 0 aromatic rings. The topological polar surface area (TPSA) is 69.6 Å². The summed E-state index contributed by atoms with van der Waals surface area (Å²) in [6, 6.07) is -0.792. The van der Waals surface area contributed by atoms with Gasteiger partial charge in [-0.3, -0.25) is 0 Å². The van der Waals surface area contributed by atoms with E-state index in [0.29, 0.717) is 6.54 Å². The molecule has 5 heteroatoms. The molecule has 0 aliphatic carbocycles. The highest BCUT2D eigenvalue weighted by molar-refractivity contribution is 5.83. The van der Waals surface area contributed by atoms with Crippen LogP contribution in [0.25, 0.3) is 0 Å². The van der Waals surface area contributed by atoms with E-state index in [0.717, 1.165) is 25.7 Å². The Kier molecular flexibility index (Phi) is 5.44. The number of carbonyl (C=O) groups is 2. The molecule has 1 saturated heterocycles. The Balaban J connectivity index is 2.72. The Morgan fingerprint density at radius 3 is 2.50 bits per heavy atom. The van der Waals surface area contributed by atoms with Crippen molar-refractivity contribution in [2.45, 2.75) is 58.5 Å². The third-order valence-electron chi connectivity index (χ3n) is 3.76. The van der Waals surface area contributed by atoms with E-state index < -0.39 is 12.0 Å². The number of hydrogen-bond donors (Lipinski definition) is 2. The van der Waals surface area contributed by atoms with E-state index >= 15 is 0 Å². The number of rotatable bonds is 4. The normalized spacial score (nSPS) is 24.1. The van der Waals surface area contributed by atoms with Crippen molar-refractivity contribution in [3.63, 3.8) is 0 Å². The summed E-state index contributed by atoms with van der Waals surface area (Å²) in [7, 11) is 0. The van der Waals surface area contributed by atoms with E-state index in [-0.39, 0.29) is 18.0 Å². The summed E-state index contributed by atoms with van der Waals surface area (Å²) in [5.74, 6) is -0.884. The number of urea groups is 1. The second-order valence-electron chi connectivity index (χ2n) is 5.06. The minimum atomic E-state index is -0.901. The molecule has 0 spiro atoms. The van der Waals surface area contributed by atoms with Crippen LogP contribution in [0.3, 0.4) is 0 Å². The molecule has 5 nitrogen and oxygen atoms in total. The fraction of sp³-hybridized carbons (Fsp3) is 0.846. The zero-order valence-corrected chi connectivity index (χ0v) is 11.5. The quantitative estimate of drug-likeness (QED) is 0.809. The van der Waals surface area contributed by atoms with Gasteiger partial charge < -0.3 is 15.3 Å². The molecule has 2 unspecified atom stereocenters. The second-order valence-corrected chi connectivity index (χ2v) is 5.06. The number of carboxylic acids is 1. The van der Waals surface area contributed by atoms with Crippen LogP contribution in [0, 0.1) is 5.92 Å². The van der Waals surface area contributed by atoms with Crippen LogP contribution in [0.5, 0.6) is 0 Å². The first-order chi connectivity index (χ1) is 8.51. The lowest BCUT2D eigenvalue weighted by Gasteiger charge is -2.37. The third-order valence-corrected chi connectivity index (χ3v) is 3.76. The fourth-order valence-electron chi connectivity index (χ4n) is 2.54. The van der Waals surface area contributed by atoms with Gasteiger partial charge in [0.25, 0.3) is 0 Å². The Morgan fingerprint density at radius 1 is 1.39 bits per heavy atom.